The molecule has 3 aromatic rings. The normalized spacial score (nSPS) is 10.9. The highest BCUT2D eigenvalue weighted by Gasteiger charge is 2.21. The molecule has 2 aromatic carbocycles. The number of nitrogens with one attached hydrogen (secondary N) is 1. The lowest BCUT2D eigenvalue weighted by Gasteiger charge is -2.12. The molecular weight excluding hydrogens is 354 g/mol. The van der Waals surface area contributed by atoms with Gasteiger partial charge in [-0.15, -0.1) is 0 Å². The van der Waals surface area contributed by atoms with Gasteiger partial charge in [-0.3, -0.25) is 4.79 Å². The van der Waals surface area contributed by atoms with Gasteiger partial charge in [-0.25, -0.2) is 0 Å². The summed E-state index contributed by atoms with van der Waals surface area (Å²) in [5, 5.41) is 7.02. The Balaban J connectivity index is 1.66. The zero-order valence-electron chi connectivity index (χ0n) is 16.4. The Hall–Kier alpha value is -3.12. The van der Waals surface area contributed by atoms with Crippen molar-refractivity contribution in [2.45, 2.75) is 13.5 Å². The minimum absolute atomic E-state index is 0.212. The second-order valence-corrected chi connectivity index (χ2v) is 6.81. The SMILES string of the molecule is Cc1onc(-c2ccccc2)c1C(=O)NCc1cccc(OCCN(C)C)c1. The van der Waals surface area contributed by atoms with E-state index in [4.69, 9.17) is 9.26 Å². The first-order valence-electron chi connectivity index (χ1n) is 9.21. The molecule has 0 saturated heterocycles. The maximum absolute atomic E-state index is 12.8. The third-order valence-corrected chi connectivity index (χ3v) is 4.30. The fourth-order valence-corrected chi connectivity index (χ4v) is 2.79. The average Bonchev–Trinajstić information content (AvgIpc) is 3.08. The standard InChI is InChI=1S/C22H25N3O3/c1-16-20(21(24-28-16)18-9-5-4-6-10-18)22(26)23-15-17-8-7-11-19(14-17)27-13-12-25(2)3/h4-11,14H,12-13,15H2,1-3H3,(H,23,26). The van der Waals surface area contributed by atoms with Crippen molar-refractivity contribution in [1.82, 2.24) is 15.4 Å². The molecule has 0 saturated carbocycles. The van der Waals surface area contributed by atoms with Crippen LogP contribution in [0.2, 0.25) is 0 Å². The van der Waals surface area contributed by atoms with Crippen molar-refractivity contribution >= 4 is 5.91 Å². The number of hydrogen-bond donors (Lipinski definition) is 1. The van der Waals surface area contributed by atoms with Gasteiger partial charge in [0, 0.05) is 18.7 Å². The molecule has 0 atom stereocenters. The number of benzene rings is 2. The van der Waals surface area contributed by atoms with Crippen molar-refractivity contribution in [3.8, 4) is 17.0 Å². The molecule has 1 N–H and O–H groups in total. The summed E-state index contributed by atoms with van der Waals surface area (Å²) in [6.07, 6.45) is 0. The summed E-state index contributed by atoms with van der Waals surface area (Å²) < 4.78 is 11.0. The first-order valence-corrected chi connectivity index (χ1v) is 9.21. The number of aromatic nitrogens is 1. The quantitative estimate of drug-likeness (QED) is 0.649. The van der Waals surface area contributed by atoms with Crippen LogP contribution in [0.4, 0.5) is 0 Å². The van der Waals surface area contributed by atoms with Gasteiger partial charge in [-0.2, -0.15) is 0 Å². The molecule has 0 spiro atoms. The molecule has 1 amide bonds. The number of aryl methyl sites for hydroxylation is 1. The second-order valence-electron chi connectivity index (χ2n) is 6.81. The fourth-order valence-electron chi connectivity index (χ4n) is 2.79. The largest absolute Gasteiger partial charge is 0.492 e. The molecule has 0 aliphatic carbocycles. The number of hydrogen-bond acceptors (Lipinski definition) is 5. The lowest BCUT2D eigenvalue weighted by molar-refractivity contribution is 0.0950. The van der Waals surface area contributed by atoms with E-state index in [1.54, 1.807) is 6.92 Å². The molecule has 0 unspecified atom stereocenters. The van der Waals surface area contributed by atoms with E-state index in [1.165, 1.54) is 0 Å². The highest BCUT2D eigenvalue weighted by Crippen LogP contribution is 2.25. The molecule has 0 aliphatic heterocycles. The number of rotatable bonds is 8. The van der Waals surface area contributed by atoms with Crippen molar-refractivity contribution < 1.29 is 14.1 Å². The van der Waals surface area contributed by atoms with Crippen LogP contribution in [-0.2, 0) is 6.54 Å². The summed E-state index contributed by atoms with van der Waals surface area (Å²) in [5.74, 6) is 1.08. The summed E-state index contributed by atoms with van der Waals surface area (Å²) in [5.41, 5.74) is 2.83. The van der Waals surface area contributed by atoms with Crippen LogP contribution in [-0.4, -0.2) is 43.2 Å². The molecule has 146 valence electrons. The van der Waals surface area contributed by atoms with Gasteiger partial charge in [-0.1, -0.05) is 47.6 Å². The Labute approximate surface area is 165 Å². The van der Waals surface area contributed by atoms with Gasteiger partial charge < -0.3 is 19.5 Å². The van der Waals surface area contributed by atoms with E-state index >= 15 is 0 Å². The van der Waals surface area contributed by atoms with Crippen LogP contribution >= 0.6 is 0 Å². The molecule has 6 heteroatoms. The van der Waals surface area contributed by atoms with Gasteiger partial charge in [0.2, 0.25) is 0 Å². The number of amides is 1. The molecule has 1 heterocycles. The van der Waals surface area contributed by atoms with Crippen LogP contribution in [0, 0.1) is 6.92 Å². The molecule has 0 bridgehead atoms. The highest BCUT2D eigenvalue weighted by atomic mass is 16.5. The van der Waals surface area contributed by atoms with Gasteiger partial charge in [0.05, 0.1) is 0 Å². The third kappa shape index (κ3) is 4.98. The third-order valence-electron chi connectivity index (χ3n) is 4.30. The first-order chi connectivity index (χ1) is 13.5. The molecule has 28 heavy (non-hydrogen) atoms. The van der Waals surface area contributed by atoms with Crippen LogP contribution in [0.1, 0.15) is 21.7 Å². The van der Waals surface area contributed by atoms with Crippen molar-refractivity contribution in [1.29, 1.82) is 0 Å². The Morgan fingerprint density at radius 1 is 1.14 bits per heavy atom. The highest BCUT2D eigenvalue weighted by molar-refractivity contribution is 6.00. The monoisotopic (exact) mass is 379 g/mol. The molecule has 6 nitrogen and oxygen atoms in total. The summed E-state index contributed by atoms with van der Waals surface area (Å²) >= 11 is 0. The molecule has 1 aromatic heterocycles. The van der Waals surface area contributed by atoms with Gasteiger partial charge in [0.25, 0.3) is 5.91 Å². The molecule has 3 rings (SSSR count). The van der Waals surface area contributed by atoms with Crippen molar-refractivity contribution in [2.75, 3.05) is 27.2 Å². The summed E-state index contributed by atoms with van der Waals surface area (Å²) in [4.78, 5) is 14.8. The van der Waals surface area contributed by atoms with Crippen LogP contribution in [0.25, 0.3) is 11.3 Å². The Bertz CT molecular complexity index is 920. The lowest BCUT2D eigenvalue weighted by atomic mass is 10.1. The molecule has 0 aliphatic rings. The molecular formula is C22H25N3O3. The van der Waals surface area contributed by atoms with Gasteiger partial charge >= 0.3 is 0 Å². The van der Waals surface area contributed by atoms with E-state index in [0.29, 0.717) is 30.2 Å². The van der Waals surface area contributed by atoms with Crippen molar-refractivity contribution in [3.05, 3.63) is 71.5 Å². The topological polar surface area (TPSA) is 67.6 Å². The predicted octanol–water partition coefficient (Wildman–Crippen LogP) is 3.52. The van der Waals surface area contributed by atoms with Crippen LogP contribution in [0.15, 0.2) is 59.1 Å². The van der Waals surface area contributed by atoms with Crippen LogP contribution in [0.3, 0.4) is 0 Å². The van der Waals surface area contributed by atoms with Gasteiger partial charge in [0.15, 0.2) is 0 Å². The Morgan fingerprint density at radius 2 is 1.93 bits per heavy atom. The lowest BCUT2D eigenvalue weighted by Crippen LogP contribution is -2.23. The first kappa shape index (κ1) is 19.6. The maximum Gasteiger partial charge on any atom is 0.257 e. The summed E-state index contributed by atoms with van der Waals surface area (Å²) in [7, 11) is 4.01. The maximum atomic E-state index is 12.8. The van der Waals surface area contributed by atoms with Crippen LogP contribution < -0.4 is 10.1 Å². The second kappa shape index (κ2) is 9.19. The van der Waals surface area contributed by atoms with Crippen molar-refractivity contribution in [2.24, 2.45) is 0 Å². The Kier molecular flexibility index (Phi) is 6.45. The summed E-state index contributed by atoms with van der Waals surface area (Å²) in [6.45, 7) is 3.59. The molecule has 0 fully saturated rings. The van der Waals surface area contributed by atoms with Gasteiger partial charge in [-0.05, 0) is 38.7 Å². The number of carbonyl (C=O) groups is 1. The van der Waals surface area contributed by atoms with E-state index in [-0.39, 0.29) is 5.91 Å². The summed E-state index contributed by atoms with van der Waals surface area (Å²) in [6, 6.07) is 17.3. The smallest absolute Gasteiger partial charge is 0.257 e. The number of nitrogens with zero attached hydrogens (tertiary/aromatic N) is 2. The average molecular weight is 379 g/mol. The fraction of sp³-hybridized carbons (Fsp3) is 0.273. The zero-order chi connectivity index (χ0) is 19.9. The number of ether oxygens (including phenoxy) is 1. The van der Waals surface area contributed by atoms with E-state index < -0.39 is 0 Å². The van der Waals surface area contributed by atoms with Crippen molar-refractivity contribution in [3.63, 3.8) is 0 Å². The Morgan fingerprint density at radius 3 is 2.68 bits per heavy atom. The van der Waals surface area contributed by atoms with E-state index in [9.17, 15) is 4.79 Å². The minimum atomic E-state index is -0.212. The van der Waals surface area contributed by atoms with Gasteiger partial charge in [0.1, 0.15) is 29.4 Å². The predicted molar refractivity (Wildman–Crippen MR) is 108 cm³/mol. The minimum Gasteiger partial charge on any atom is -0.492 e. The van der Waals surface area contributed by atoms with E-state index in [2.05, 4.69) is 15.4 Å². The zero-order valence-corrected chi connectivity index (χ0v) is 16.4. The van der Waals surface area contributed by atoms with E-state index in [0.717, 1.165) is 23.4 Å². The van der Waals surface area contributed by atoms with Crippen LogP contribution in [0.5, 0.6) is 5.75 Å². The van der Waals surface area contributed by atoms with E-state index in [1.807, 2.05) is 68.7 Å². The molecule has 0 radical (unpaired) electrons. The number of carbonyl (C=O) groups excluding carboxylic acids is 1. The number of likely N-dealkylation sites (N-methyl/N-ethyl adjacent to an activating group) is 1.